The maximum atomic E-state index is 11.0. The lowest BCUT2D eigenvalue weighted by Crippen LogP contribution is -2.70. The Morgan fingerprint density at radius 1 is 1.25 bits per heavy atom. The van der Waals surface area contributed by atoms with E-state index in [0.29, 0.717) is 11.8 Å². The van der Waals surface area contributed by atoms with E-state index in [-0.39, 0.29) is 22.3 Å². The summed E-state index contributed by atoms with van der Waals surface area (Å²) in [5.74, 6) is 1.16. The lowest BCUT2D eigenvalue weighted by molar-refractivity contribution is -0.194. The summed E-state index contributed by atoms with van der Waals surface area (Å²) >= 11 is 0. The quantitative estimate of drug-likeness (QED) is 0.564. The van der Waals surface area contributed by atoms with Crippen molar-refractivity contribution < 1.29 is 5.11 Å². The molecule has 0 unspecified atom stereocenters. The Labute approximate surface area is 126 Å². The fourth-order valence-electron chi connectivity index (χ4n) is 5.53. The molecule has 0 aliphatic heterocycles. The van der Waals surface area contributed by atoms with E-state index < -0.39 is 8.07 Å². The Balaban J connectivity index is 2.51. The van der Waals surface area contributed by atoms with E-state index in [1.807, 2.05) is 0 Å². The molecule has 0 radical (unpaired) electrons. The molecule has 0 amide bonds. The molecule has 1 N–H and O–H groups in total. The minimum atomic E-state index is -1.25. The lowest BCUT2D eigenvalue weighted by atomic mass is 9.34. The molecule has 3 fully saturated rings. The van der Waals surface area contributed by atoms with Gasteiger partial charge in [-0.3, -0.25) is 0 Å². The highest BCUT2D eigenvalue weighted by atomic mass is 28.3. The van der Waals surface area contributed by atoms with Crippen molar-refractivity contribution in [3.63, 3.8) is 0 Å². The zero-order chi connectivity index (χ0) is 15.7. The number of hydrogen-bond donors (Lipinski definition) is 1. The smallest absolute Gasteiger partial charge is 0.0639 e. The molecule has 0 aromatic heterocycles. The van der Waals surface area contributed by atoms with Crippen LogP contribution in [0, 0.1) is 28.1 Å². The Hall–Kier alpha value is -0.0831. The molecule has 0 spiro atoms. The Kier molecular flexibility index (Phi) is 3.44. The second kappa shape index (κ2) is 4.22. The predicted molar refractivity (Wildman–Crippen MR) is 90.6 cm³/mol. The van der Waals surface area contributed by atoms with Gasteiger partial charge in [0.25, 0.3) is 0 Å². The third kappa shape index (κ3) is 2.14. The standard InChI is InChI=1S/C18H34OSi/c1-12-14-15(16(2,3)4)18(12,11-20(7,8)9)13(19)10-17(14,5)6/h13-15,19H,1,10-11H2,2-9H3/t13-,14-,15-,18-/m1/s1. The van der Waals surface area contributed by atoms with Gasteiger partial charge in [-0.2, -0.15) is 0 Å². The Morgan fingerprint density at radius 2 is 1.75 bits per heavy atom. The number of hydrogen-bond acceptors (Lipinski definition) is 1. The fourth-order valence-corrected chi connectivity index (χ4v) is 7.97. The Morgan fingerprint density at radius 3 is 2.10 bits per heavy atom. The third-order valence-electron chi connectivity index (χ3n) is 5.77. The molecular weight excluding hydrogens is 260 g/mol. The summed E-state index contributed by atoms with van der Waals surface area (Å²) in [6.07, 6.45) is 0.735. The first-order valence-corrected chi connectivity index (χ1v) is 11.8. The van der Waals surface area contributed by atoms with Crippen LogP contribution in [0.1, 0.15) is 41.0 Å². The summed E-state index contributed by atoms with van der Waals surface area (Å²) in [4.78, 5) is 0. The Bertz CT molecular complexity index is 424. The van der Waals surface area contributed by atoms with Crippen LogP contribution in [0.2, 0.25) is 25.7 Å². The van der Waals surface area contributed by atoms with Crippen molar-refractivity contribution in [2.24, 2.45) is 28.1 Å². The molecule has 2 heteroatoms. The van der Waals surface area contributed by atoms with Crippen LogP contribution in [0.3, 0.4) is 0 Å². The van der Waals surface area contributed by atoms with Crippen molar-refractivity contribution >= 4 is 8.07 Å². The monoisotopic (exact) mass is 294 g/mol. The van der Waals surface area contributed by atoms with Crippen LogP contribution in [0.25, 0.3) is 0 Å². The highest BCUT2D eigenvalue weighted by Crippen LogP contribution is 2.74. The van der Waals surface area contributed by atoms with E-state index in [9.17, 15) is 5.11 Å². The van der Waals surface area contributed by atoms with Crippen LogP contribution >= 0.6 is 0 Å². The van der Waals surface area contributed by atoms with Crippen molar-refractivity contribution in [1.82, 2.24) is 0 Å². The van der Waals surface area contributed by atoms with E-state index in [1.165, 1.54) is 11.6 Å². The summed E-state index contributed by atoms with van der Waals surface area (Å²) in [6, 6.07) is 1.19. The zero-order valence-electron chi connectivity index (χ0n) is 14.8. The van der Waals surface area contributed by atoms with Gasteiger partial charge in [0, 0.05) is 13.5 Å². The van der Waals surface area contributed by atoms with Gasteiger partial charge in [0.1, 0.15) is 0 Å². The van der Waals surface area contributed by atoms with Gasteiger partial charge >= 0.3 is 0 Å². The molecule has 0 saturated heterocycles. The molecule has 20 heavy (non-hydrogen) atoms. The van der Waals surface area contributed by atoms with Crippen LogP contribution in [0.4, 0.5) is 0 Å². The normalized spacial score (nSPS) is 40.5. The molecule has 116 valence electrons. The van der Waals surface area contributed by atoms with Gasteiger partial charge in [-0.25, -0.2) is 0 Å². The van der Waals surface area contributed by atoms with Gasteiger partial charge in [-0.05, 0) is 35.1 Å². The summed E-state index contributed by atoms with van der Waals surface area (Å²) in [7, 11) is -1.25. The molecule has 0 aromatic rings. The van der Waals surface area contributed by atoms with Gasteiger partial charge in [0.15, 0.2) is 0 Å². The first kappa shape index (κ1) is 16.3. The molecule has 1 nitrogen and oxygen atoms in total. The molecular formula is C18H34OSi. The molecule has 3 aliphatic rings. The number of aliphatic hydroxyl groups excluding tert-OH is 1. The lowest BCUT2D eigenvalue weighted by Gasteiger charge is -2.73. The van der Waals surface area contributed by atoms with E-state index in [0.717, 1.165) is 6.42 Å². The highest BCUT2D eigenvalue weighted by molar-refractivity contribution is 6.76. The van der Waals surface area contributed by atoms with E-state index >= 15 is 0 Å². The predicted octanol–water partition coefficient (Wildman–Crippen LogP) is 4.95. The van der Waals surface area contributed by atoms with Crippen LogP contribution in [-0.4, -0.2) is 19.3 Å². The van der Waals surface area contributed by atoms with Crippen molar-refractivity contribution in [3.8, 4) is 0 Å². The number of fused-ring (bicyclic) bond motifs is 2. The molecule has 3 saturated carbocycles. The van der Waals surface area contributed by atoms with Crippen molar-refractivity contribution in [2.45, 2.75) is 72.8 Å². The van der Waals surface area contributed by atoms with E-state index in [4.69, 9.17) is 0 Å². The largest absolute Gasteiger partial charge is 0.392 e. The van der Waals surface area contributed by atoms with Gasteiger partial charge in [-0.15, -0.1) is 0 Å². The minimum absolute atomic E-state index is 0.00289. The van der Waals surface area contributed by atoms with Gasteiger partial charge < -0.3 is 5.11 Å². The SMILES string of the molecule is C=C1[C@@H]2[C@H](C(C)(C)C)[C@@]1(C[Si](C)(C)C)[C@H](O)CC2(C)C. The molecule has 4 atom stereocenters. The second-order valence-corrected chi connectivity index (χ2v) is 15.8. The van der Waals surface area contributed by atoms with Gasteiger partial charge in [0.2, 0.25) is 0 Å². The average Bonchev–Trinajstić information content (AvgIpc) is 2.15. The van der Waals surface area contributed by atoms with Crippen molar-refractivity contribution in [3.05, 3.63) is 12.2 Å². The molecule has 0 heterocycles. The minimum Gasteiger partial charge on any atom is -0.392 e. The molecule has 3 aliphatic carbocycles. The topological polar surface area (TPSA) is 20.2 Å². The maximum Gasteiger partial charge on any atom is 0.0639 e. The third-order valence-corrected chi connectivity index (χ3v) is 7.42. The zero-order valence-corrected chi connectivity index (χ0v) is 15.8. The maximum absolute atomic E-state index is 11.0. The summed E-state index contributed by atoms with van der Waals surface area (Å²) in [6.45, 7) is 23.4. The van der Waals surface area contributed by atoms with E-state index in [1.54, 1.807) is 0 Å². The summed E-state index contributed by atoms with van der Waals surface area (Å²) in [5.41, 5.74) is 1.80. The van der Waals surface area contributed by atoms with E-state index in [2.05, 4.69) is 60.8 Å². The first-order valence-electron chi connectivity index (χ1n) is 8.11. The molecule has 3 rings (SSSR count). The van der Waals surface area contributed by atoms with Gasteiger partial charge in [-0.1, -0.05) is 66.4 Å². The molecule has 2 bridgehead atoms. The first-order chi connectivity index (χ1) is 8.73. The van der Waals surface area contributed by atoms with Gasteiger partial charge in [0.05, 0.1) is 6.10 Å². The highest BCUT2D eigenvalue weighted by Gasteiger charge is 2.71. The number of rotatable bonds is 2. The van der Waals surface area contributed by atoms with Crippen LogP contribution in [0.5, 0.6) is 0 Å². The molecule has 0 aromatic carbocycles. The second-order valence-electron chi connectivity index (χ2n) is 10.3. The van der Waals surface area contributed by atoms with Crippen LogP contribution < -0.4 is 0 Å². The van der Waals surface area contributed by atoms with Crippen LogP contribution in [0.15, 0.2) is 12.2 Å². The fraction of sp³-hybridized carbons (Fsp3) is 0.889. The van der Waals surface area contributed by atoms with Crippen molar-refractivity contribution in [1.29, 1.82) is 0 Å². The average molecular weight is 295 g/mol. The summed E-state index contributed by atoms with van der Waals surface area (Å²) < 4.78 is 0. The summed E-state index contributed by atoms with van der Waals surface area (Å²) in [5, 5.41) is 11.0. The number of aliphatic hydroxyl groups is 1. The van der Waals surface area contributed by atoms with Crippen LogP contribution in [-0.2, 0) is 0 Å². The van der Waals surface area contributed by atoms with Crippen molar-refractivity contribution in [2.75, 3.05) is 0 Å².